The van der Waals surface area contributed by atoms with Gasteiger partial charge in [0.1, 0.15) is 5.75 Å². The van der Waals surface area contributed by atoms with Crippen molar-refractivity contribution in [1.82, 2.24) is 5.32 Å². The smallest absolute Gasteiger partial charge is 0.236 e. The number of aliphatic imine (C=N–C) groups is 1. The number of anilines is 2. The Hall–Kier alpha value is -2.05. The van der Waals surface area contributed by atoms with Crippen LogP contribution in [0.1, 0.15) is 12.0 Å². The molecule has 3 rings (SSSR count). The number of fused-ring (bicyclic) bond motifs is 1. The van der Waals surface area contributed by atoms with Crippen LogP contribution < -0.4 is 19.7 Å². The first-order valence-electron chi connectivity index (χ1n) is 10.3. The Morgan fingerprint density at radius 1 is 1.16 bits per heavy atom. The summed E-state index contributed by atoms with van der Waals surface area (Å²) in [6.07, 6.45) is 1.56. The van der Waals surface area contributed by atoms with E-state index in [1.807, 2.05) is 48.5 Å². The van der Waals surface area contributed by atoms with E-state index in [-0.39, 0.29) is 36.3 Å². The zero-order valence-corrected chi connectivity index (χ0v) is 21.6. The molecule has 10 heteroatoms. The van der Waals surface area contributed by atoms with Crippen molar-refractivity contribution >= 4 is 51.3 Å². The molecule has 2 aromatic rings. The van der Waals surface area contributed by atoms with Crippen LogP contribution in [0.15, 0.2) is 53.5 Å². The summed E-state index contributed by atoms with van der Waals surface area (Å²) < 4.78 is 37.9. The van der Waals surface area contributed by atoms with Gasteiger partial charge in [-0.25, -0.2) is 8.42 Å². The van der Waals surface area contributed by atoms with Crippen LogP contribution in [-0.2, 0) is 21.2 Å². The fraction of sp³-hybridized carbons (Fsp3) is 0.409. The normalized spacial score (nSPS) is 13.3. The lowest BCUT2D eigenvalue weighted by Crippen LogP contribution is -2.39. The molecule has 0 spiro atoms. The minimum absolute atomic E-state index is 0. The highest BCUT2D eigenvalue weighted by atomic mass is 127. The molecule has 0 fully saturated rings. The highest BCUT2D eigenvalue weighted by molar-refractivity contribution is 14.0. The van der Waals surface area contributed by atoms with E-state index in [4.69, 9.17) is 9.47 Å². The first kappa shape index (κ1) is 26.2. The van der Waals surface area contributed by atoms with Crippen LogP contribution in [0, 0.1) is 0 Å². The number of guanidine groups is 1. The lowest BCUT2D eigenvalue weighted by molar-refractivity contribution is 0.172. The lowest BCUT2D eigenvalue weighted by atomic mass is 10.2. The summed E-state index contributed by atoms with van der Waals surface area (Å²) in [5, 5.41) is 6.24. The van der Waals surface area contributed by atoms with Crippen molar-refractivity contribution < 1.29 is 17.9 Å². The molecule has 2 aromatic carbocycles. The summed E-state index contributed by atoms with van der Waals surface area (Å²) in [6, 6.07) is 15.2. The molecule has 0 unspecified atom stereocenters. The second-order valence-corrected chi connectivity index (χ2v) is 9.13. The number of para-hydroxylation sites is 1. The van der Waals surface area contributed by atoms with Gasteiger partial charge in [0.05, 0.1) is 18.0 Å². The maximum Gasteiger partial charge on any atom is 0.236 e. The zero-order valence-electron chi connectivity index (χ0n) is 18.4. The molecule has 0 aromatic heterocycles. The van der Waals surface area contributed by atoms with Crippen molar-refractivity contribution in [3.63, 3.8) is 0 Å². The van der Waals surface area contributed by atoms with E-state index in [9.17, 15) is 8.42 Å². The maximum absolute atomic E-state index is 12.8. The number of nitrogens with zero attached hydrogens (tertiary/aromatic N) is 2. The van der Waals surface area contributed by atoms with Crippen LogP contribution in [0.4, 0.5) is 11.4 Å². The second kappa shape index (κ2) is 12.9. The average molecular weight is 574 g/mol. The molecule has 1 aliphatic rings. The van der Waals surface area contributed by atoms with Crippen LogP contribution in [0.5, 0.6) is 5.75 Å². The molecule has 2 N–H and O–H groups in total. The number of halogens is 1. The summed E-state index contributed by atoms with van der Waals surface area (Å²) in [4.78, 5) is 4.18. The first-order chi connectivity index (χ1) is 15.0. The number of sulfonamides is 1. The minimum Gasteiger partial charge on any atom is -0.493 e. The van der Waals surface area contributed by atoms with Gasteiger partial charge in [0, 0.05) is 52.0 Å². The Morgan fingerprint density at radius 3 is 2.75 bits per heavy atom. The maximum atomic E-state index is 12.8. The van der Waals surface area contributed by atoms with Crippen LogP contribution in [0.3, 0.4) is 0 Å². The van der Waals surface area contributed by atoms with E-state index >= 15 is 0 Å². The van der Waals surface area contributed by atoms with Gasteiger partial charge in [0.25, 0.3) is 0 Å². The predicted octanol–water partition coefficient (Wildman–Crippen LogP) is 3.10. The Kier molecular flexibility index (Phi) is 10.5. The largest absolute Gasteiger partial charge is 0.493 e. The van der Waals surface area contributed by atoms with Gasteiger partial charge in [-0.3, -0.25) is 9.30 Å². The Morgan fingerprint density at radius 2 is 1.97 bits per heavy atom. The Labute approximate surface area is 207 Å². The molecular formula is C22H31IN4O4S. The Bertz CT molecular complexity index is 1000. The topological polar surface area (TPSA) is 92.3 Å². The summed E-state index contributed by atoms with van der Waals surface area (Å²) in [6.45, 7) is 1.96. The molecule has 176 valence electrons. The van der Waals surface area contributed by atoms with Gasteiger partial charge in [0.2, 0.25) is 10.0 Å². The van der Waals surface area contributed by atoms with Crippen LogP contribution in [0.2, 0.25) is 0 Å². The monoisotopic (exact) mass is 574 g/mol. The van der Waals surface area contributed by atoms with E-state index in [2.05, 4.69) is 15.6 Å². The van der Waals surface area contributed by atoms with Gasteiger partial charge in [-0.2, -0.15) is 0 Å². The third-order valence-corrected chi connectivity index (χ3v) is 6.69. The molecule has 8 nitrogen and oxygen atoms in total. The fourth-order valence-corrected chi connectivity index (χ4v) is 4.81. The van der Waals surface area contributed by atoms with Crippen molar-refractivity contribution in [3.05, 3.63) is 54.1 Å². The minimum atomic E-state index is -3.41. The molecular weight excluding hydrogens is 543 g/mol. The first-order valence-corrected chi connectivity index (χ1v) is 11.9. The van der Waals surface area contributed by atoms with Crippen molar-refractivity contribution in [2.45, 2.75) is 12.8 Å². The summed E-state index contributed by atoms with van der Waals surface area (Å²) in [5.74, 6) is 1.21. The fourth-order valence-electron chi connectivity index (χ4n) is 3.38. The molecule has 1 heterocycles. The van der Waals surface area contributed by atoms with Gasteiger partial charge in [-0.15, -0.1) is 24.0 Å². The standard InChI is InChI=1S/C22H30N4O4S.HI/c1-23-22(25-19-8-5-9-20(17-19)30-15-6-14-29-2)24-12-16-31(27,28)26-13-11-18-7-3-4-10-21(18)26;/h3-5,7-10,17H,6,11-16H2,1-2H3,(H2,23,24,25);1H. The molecule has 0 amide bonds. The second-order valence-electron chi connectivity index (χ2n) is 7.11. The van der Waals surface area contributed by atoms with Crippen LogP contribution in [0.25, 0.3) is 0 Å². The number of hydrogen-bond donors (Lipinski definition) is 2. The summed E-state index contributed by atoms with van der Waals surface area (Å²) in [5.41, 5.74) is 2.65. The van der Waals surface area contributed by atoms with Crippen molar-refractivity contribution in [2.24, 2.45) is 4.99 Å². The predicted molar refractivity (Wildman–Crippen MR) is 140 cm³/mol. The van der Waals surface area contributed by atoms with Gasteiger partial charge in [-0.1, -0.05) is 24.3 Å². The van der Waals surface area contributed by atoms with Crippen LogP contribution >= 0.6 is 24.0 Å². The molecule has 0 bridgehead atoms. The third kappa shape index (κ3) is 7.24. The number of rotatable bonds is 10. The molecule has 0 atom stereocenters. The van der Waals surface area contributed by atoms with E-state index in [1.54, 1.807) is 14.2 Å². The number of nitrogens with one attached hydrogen (secondary N) is 2. The quantitative estimate of drug-likeness (QED) is 0.196. The van der Waals surface area contributed by atoms with E-state index in [0.29, 0.717) is 25.7 Å². The van der Waals surface area contributed by atoms with E-state index in [0.717, 1.165) is 35.5 Å². The van der Waals surface area contributed by atoms with E-state index in [1.165, 1.54) is 4.31 Å². The highest BCUT2D eigenvalue weighted by Gasteiger charge is 2.28. The average Bonchev–Trinajstić information content (AvgIpc) is 3.21. The number of benzene rings is 2. The van der Waals surface area contributed by atoms with Gasteiger partial charge in [0.15, 0.2) is 5.96 Å². The van der Waals surface area contributed by atoms with Crippen molar-refractivity contribution in [1.29, 1.82) is 0 Å². The van der Waals surface area contributed by atoms with Crippen LogP contribution in [-0.4, -0.2) is 60.6 Å². The summed E-state index contributed by atoms with van der Waals surface area (Å²) in [7, 11) is -0.105. The van der Waals surface area contributed by atoms with Crippen molar-refractivity contribution in [3.8, 4) is 5.75 Å². The highest BCUT2D eigenvalue weighted by Crippen LogP contribution is 2.29. The lowest BCUT2D eigenvalue weighted by Gasteiger charge is -2.20. The Balaban J connectivity index is 0.00000363. The van der Waals surface area contributed by atoms with E-state index < -0.39 is 10.0 Å². The molecule has 32 heavy (non-hydrogen) atoms. The summed E-state index contributed by atoms with van der Waals surface area (Å²) >= 11 is 0. The van der Waals surface area contributed by atoms with Gasteiger partial charge in [-0.05, 0) is 30.2 Å². The number of methoxy groups -OCH3 is 1. The zero-order chi connectivity index (χ0) is 22.1. The van der Waals surface area contributed by atoms with Gasteiger partial charge < -0.3 is 20.1 Å². The van der Waals surface area contributed by atoms with Crippen molar-refractivity contribution in [2.75, 3.05) is 55.8 Å². The molecule has 1 aliphatic heterocycles. The molecule has 0 aliphatic carbocycles. The SMILES string of the molecule is CN=C(NCCS(=O)(=O)N1CCc2ccccc21)Nc1cccc(OCCCOC)c1.I. The molecule has 0 radical (unpaired) electrons. The molecule has 0 saturated carbocycles. The van der Waals surface area contributed by atoms with Gasteiger partial charge >= 0.3 is 0 Å². The number of hydrogen-bond acceptors (Lipinski definition) is 5. The number of ether oxygens (including phenoxy) is 2. The molecule has 0 saturated heterocycles. The third-order valence-electron chi connectivity index (χ3n) is 4.91.